The number of rotatable bonds is 10. The molecule has 0 radical (unpaired) electrons. The first-order chi connectivity index (χ1) is 16.8. The normalized spacial score (nSPS) is 12.6. The van der Waals surface area contributed by atoms with Crippen LogP contribution >= 0.6 is 11.6 Å². The third kappa shape index (κ3) is 7.43. The van der Waals surface area contributed by atoms with Crippen molar-refractivity contribution in [3.8, 4) is 0 Å². The molecule has 0 aliphatic carbocycles. The monoisotopic (exact) mass is 490 g/mol. The highest BCUT2D eigenvalue weighted by Gasteiger charge is 2.31. The van der Waals surface area contributed by atoms with E-state index in [0.717, 1.165) is 34.2 Å². The number of nitrogens with one attached hydrogen (secondary N) is 1. The molecule has 0 aliphatic rings. The first kappa shape index (κ1) is 26.5. The summed E-state index contributed by atoms with van der Waals surface area (Å²) in [6.45, 7) is 8.30. The van der Waals surface area contributed by atoms with Crippen molar-refractivity contribution in [1.29, 1.82) is 0 Å². The summed E-state index contributed by atoms with van der Waals surface area (Å²) in [5.74, 6) is -0.247. The fraction of sp³-hybridized carbons (Fsp3) is 0.333. The van der Waals surface area contributed by atoms with E-state index in [0.29, 0.717) is 11.4 Å². The molecule has 3 aromatic carbocycles. The number of amides is 2. The molecule has 184 valence electrons. The molecule has 0 saturated heterocycles. The number of carbonyl (C=O) groups excluding carboxylic acids is 2. The van der Waals surface area contributed by atoms with E-state index in [1.54, 1.807) is 4.90 Å². The van der Waals surface area contributed by atoms with E-state index in [4.69, 9.17) is 11.6 Å². The Kier molecular flexibility index (Phi) is 9.50. The molecule has 0 unspecified atom stereocenters. The molecule has 35 heavy (non-hydrogen) atoms. The van der Waals surface area contributed by atoms with Gasteiger partial charge >= 0.3 is 0 Å². The van der Waals surface area contributed by atoms with Crippen LogP contribution in [0, 0.1) is 13.8 Å². The van der Waals surface area contributed by atoms with Gasteiger partial charge in [0.25, 0.3) is 0 Å². The summed E-state index contributed by atoms with van der Waals surface area (Å²) in [6, 6.07) is 22.8. The van der Waals surface area contributed by atoms with Gasteiger partial charge in [-0.25, -0.2) is 0 Å². The highest BCUT2D eigenvalue weighted by Crippen LogP contribution is 2.22. The Labute approximate surface area is 214 Å². The van der Waals surface area contributed by atoms with Crippen LogP contribution in [0.3, 0.4) is 0 Å². The van der Waals surface area contributed by atoms with Gasteiger partial charge in [-0.3, -0.25) is 9.59 Å². The molecule has 3 rings (SSSR count). The molecule has 0 bridgehead atoms. The molecule has 2 amide bonds. The van der Waals surface area contributed by atoms with Crippen LogP contribution < -0.4 is 5.32 Å². The molecule has 0 aliphatic heterocycles. The van der Waals surface area contributed by atoms with Crippen molar-refractivity contribution in [1.82, 2.24) is 10.2 Å². The maximum atomic E-state index is 13.9. The lowest BCUT2D eigenvalue weighted by Gasteiger charge is -2.33. The maximum absolute atomic E-state index is 13.9. The average molecular weight is 491 g/mol. The predicted octanol–water partition coefficient (Wildman–Crippen LogP) is 6.05. The van der Waals surface area contributed by atoms with Crippen LogP contribution in [0.25, 0.3) is 0 Å². The minimum Gasteiger partial charge on any atom is -0.352 e. The van der Waals surface area contributed by atoms with Crippen molar-refractivity contribution < 1.29 is 9.59 Å². The Hall–Kier alpha value is -3.11. The summed E-state index contributed by atoms with van der Waals surface area (Å²) in [4.78, 5) is 29.2. The number of halogens is 1. The molecule has 4 nitrogen and oxygen atoms in total. The van der Waals surface area contributed by atoms with Crippen LogP contribution in [0.2, 0.25) is 5.02 Å². The third-order valence-corrected chi connectivity index (χ3v) is 6.79. The van der Waals surface area contributed by atoms with E-state index >= 15 is 0 Å². The van der Waals surface area contributed by atoms with E-state index in [9.17, 15) is 9.59 Å². The SMILES string of the molecule is CC[C@@H](C)NC(=O)[C@H](Cc1ccccc1)N(Cc1ccccc1Cl)C(=O)Cc1cc(C)ccc1C. The average Bonchev–Trinajstić information content (AvgIpc) is 2.85. The number of benzene rings is 3. The molecule has 0 saturated carbocycles. The molecular formula is C30H35ClN2O2. The Bertz CT molecular complexity index is 1150. The predicted molar refractivity (Wildman–Crippen MR) is 143 cm³/mol. The summed E-state index contributed by atoms with van der Waals surface area (Å²) < 4.78 is 0. The van der Waals surface area contributed by atoms with Gasteiger partial charge in [0.15, 0.2) is 0 Å². The first-order valence-corrected chi connectivity index (χ1v) is 12.6. The van der Waals surface area contributed by atoms with E-state index in [1.165, 1.54) is 0 Å². The number of carbonyl (C=O) groups is 2. The molecule has 5 heteroatoms. The largest absolute Gasteiger partial charge is 0.352 e. The molecule has 0 aromatic heterocycles. The highest BCUT2D eigenvalue weighted by molar-refractivity contribution is 6.31. The van der Waals surface area contributed by atoms with Gasteiger partial charge in [-0.15, -0.1) is 0 Å². The van der Waals surface area contributed by atoms with Gasteiger partial charge in [-0.1, -0.05) is 90.8 Å². The first-order valence-electron chi connectivity index (χ1n) is 12.2. The minimum atomic E-state index is -0.666. The molecule has 3 aromatic rings. The number of hydrogen-bond donors (Lipinski definition) is 1. The van der Waals surface area contributed by atoms with Crippen LogP contribution in [0.5, 0.6) is 0 Å². The second-order valence-electron chi connectivity index (χ2n) is 9.24. The molecule has 1 N–H and O–H groups in total. The van der Waals surface area contributed by atoms with Crippen molar-refractivity contribution in [2.24, 2.45) is 0 Å². The summed E-state index contributed by atoms with van der Waals surface area (Å²) in [5.41, 5.74) is 4.95. The second-order valence-corrected chi connectivity index (χ2v) is 9.65. The van der Waals surface area contributed by atoms with Gasteiger partial charge in [0.05, 0.1) is 6.42 Å². The van der Waals surface area contributed by atoms with E-state index in [1.807, 2.05) is 100 Å². The quantitative estimate of drug-likeness (QED) is 0.376. The smallest absolute Gasteiger partial charge is 0.243 e. The Morgan fingerprint density at radius 1 is 0.943 bits per heavy atom. The van der Waals surface area contributed by atoms with Crippen LogP contribution in [-0.2, 0) is 29.0 Å². The fourth-order valence-electron chi connectivity index (χ4n) is 4.06. The Morgan fingerprint density at radius 3 is 2.31 bits per heavy atom. The topological polar surface area (TPSA) is 49.4 Å². The van der Waals surface area contributed by atoms with Gasteiger partial charge in [0.1, 0.15) is 6.04 Å². The molecule has 2 atom stereocenters. The summed E-state index contributed by atoms with van der Waals surface area (Å²) in [5, 5.41) is 3.69. The third-order valence-electron chi connectivity index (χ3n) is 6.42. The number of nitrogens with zero attached hydrogens (tertiary/aromatic N) is 1. The van der Waals surface area contributed by atoms with Crippen molar-refractivity contribution in [3.63, 3.8) is 0 Å². The van der Waals surface area contributed by atoms with E-state index in [2.05, 4.69) is 5.32 Å². The number of hydrogen-bond acceptors (Lipinski definition) is 2. The summed E-state index contributed by atoms with van der Waals surface area (Å²) in [6.07, 6.45) is 1.46. The zero-order valence-corrected chi connectivity index (χ0v) is 21.8. The van der Waals surface area contributed by atoms with Crippen molar-refractivity contribution in [3.05, 3.63) is 106 Å². The standard InChI is InChI=1S/C30H35ClN2O2/c1-5-23(4)32-30(35)28(18-24-11-7-6-8-12-24)33(20-25-13-9-10-14-27(25)31)29(34)19-26-17-21(2)15-16-22(26)3/h6-17,23,28H,5,18-20H2,1-4H3,(H,32,35)/t23-,28+/m1/s1. The van der Waals surface area contributed by atoms with Gasteiger partial charge in [-0.2, -0.15) is 0 Å². The van der Waals surface area contributed by atoms with Gasteiger partial charge in [0.2, 0.25) is 11.8 Å². The molecular weight excluding hydrogens is 456 g/mol. The fourth-order valence-corrected chi connectivity index (χ4v) is 4.26. The molecule has 0 fully saturated rings. The minimum absolute atomic E-state index is 0.0112. The van der Waals surface area contributed by atoms with Crippen LogP contribution in [0.4, 0.5) is 0 Å². The zero-order chi connectivity index (χ0) is 25.4. The highest BCUT2D eigenvalue weighted by atomic mass is 35.5. The van der Waals surface area contributed by atoms with Gasteiger partial charge in [0, 0.05) is 24.0 Å². The van der Waals surface area contributed by atoms with Crippen LogP contribution in [0.1, 0.15) is 48.1 Å². The zero-order valence-electron chi connectivity index (χ0n) is 21.1. The van der Waals surface area contributed by atoms with Crippen LogP contribution in [0.15, 0.2) is 72.8 Å². The second kappa shape index (κ2) is 12.6. The van der Waals surface area contributed by atoms with Crippen molar-refractivity contribution >= 4 is 23.4 Å². The molecule has 0 heterocycles. The lowest BCUT2D eigenvalue weighted by atomic mass is 9.99. The number of aryl methyl sites for hydroxylation is 2. The van der Waals surface area contributed by atoms with Crippen LogP contribution in [-0.4, -0.2) is 28.8 Å². The van der Waals surface area contributed by atoms with Crippen molar-refractivity contribution in [2.45, 2.75) is 65.6 Å². The van der Waals surface area contributed by atoms with Gasteiger partial charge < -0.3 is 10.2 Å². The summed E-state index contributed by atoms with van der Waals surface area (Å²) >= 11 is 6.49. The van der Waals surface area contributed by atoms with E-state index < -0.39 is 6.04 Å². The Balaban J connectivity index is 2.01. The molecule has 0 spiro atoms. The lowest BCUT2D eigenvalue weighted by Crippen LogP contribution is -2.52. The van der Waals surface area contributed by atoms with E-state index in [-0.39, 0.29) is 30.8 Å². The van der Waals surface area contributed by atoms with Gasteiger partial charge in [-0.05, 0) is 55.5 Å². The maximum Gasteiger partial charge on any atom is 0.243 e. The lowest BCUT2D eigenvalue weighted by molar-refractivity contribution is -0.141. The Morgan fingerprint density at radius 2 is 1.63 bits per heavy atom. The van der Waals surface area contributed by atoms with Crippen molar-refractivity contribution in [2.75, 3.05) is 0 Å². The summed E-state index contributed by atoms with van der Waals surface area (Å²) in [7, 11) is 0.